The average Bonchev–Trinajstić information content (AvgIpc) is 2.17. The number of carbonyl (C=O) groups is 1. The van der Waals surface area contributed by atoms with Crippen LogP contribution in [0.15, 0.2) is 18.2 Å². The first kappa shape index (κ1) is 11.5. The van der Waals surface area contributed by atoms with Gasteiger partial charge in [0.1, 0.15) is 4.11 Å². The molecule has 0 spiro atoms. The number of hydrogen-bond acceptors (Lipinski definition) is 2. The van der Waals surface area contributed by atoms with Crippen LogP contribution in [0.4, 0.5) is 0 Å². The van der Waals surface area contributed by atoms with E-state index in [2.05, 4.69) is 22.6 Å². The molecule has 1 rings (SSSR count). The predicted molar refractivity (Wildman–Crippen MR) is 63.5 cm³/mol. The molecule has 1 aromatic carbocycles. The van der Waals surface area contributed by atoms with E-state index in [4.69, 9.17) is 10.5 Å². The van der Waals surface area contributed by atoms with Crippen LogP contribution < -0.4 is 5.73 Å². The minimum absolute atomic E-state index is 0.0492. The summed E-state index contributed by atoms with van der Waals surface area (Å²) in [6.45, 7) is 1.98. The molecule has 14 heavy (non-hydrogen) atoms. The second-order valence-electron chi connectivity index (χ2n) is 2.99. The number of carbonyl (C=O) groups excluding carboxylic acids is 1. The Hall–Kier alpha value is -0.620. The second kappa shape index (κ2) is 4.75. The summed E-state index contributed by atoms with van der Waals surface area (Å²) >= 11 is 2.16. The molecular formula is C10H12INO2. The van der Waals surface area contributed by atoms with E-state index < -0.39 is 5.91 Å². The van der Waals surface area contributed by atoms with Crippen molar-refractivity contribution in [1.29, 1.82) is 0 Å². The number of aryl methyl sites for hydroxylation is 1. The van der Waals surface area contributed by atoms with E-state index in [0.717, 1.165) is 11.1 Å². The van der Waals surface area contributed by atoms with E-state index in [1.165, 1.54) is 0 Å². The quantitative estimate of drug-likeness (QED) is 0.687. The monoisotopic (exact) mass is 305 g/mol. The number of alkyl halides is 1. The summed E-state index contributed by atoms with van der Waals surface area (Å²) in [5, 5.41) is 0. The third-order valence-electron chi connectivity index (χ3n) is 2.02. The van der Waals surface area contributed by atoms with Crippen molar-refractivity contribution >= 4 is 28.5 Å². The predicted octanol–water partition coefficient (Wildman–Crippen LogP) is 2.17. The summed E-state index contributed by atoms with van der Waals surface area (Å²) in [5.74, 6) is -0.411. The number of primary amides is 1. The molecule has 0 heterocycles. The van der Waals surface area contributed by atoms with E-state index in [-0.39, 0.29) is 4.11 Å². The van der Waals surface area contributed by atoms with Gasteiger partial charge in [-0.05, 0) is 52.8 Å². The first-order valence-electron chi connectivity index (χ1n) is 4.13. The van der Waals surface area contributed by atoms with Gasteiger partial charge < -0.3 is 10.5 Å². The SMILES string of the molecule is COC(I)c1cc(C(N)=O)ccc1C. The number of nitrogens with two attached hydrogens (primary N) is 1. The Balaban J connectivity index is 3.14. The van der Waals surface area contributed by atoms with Crippen LogP contribution in [0.3, 0.4) is 0 Å². The van der Waals surface area contributed by atoms with Crippen LogP contribution in [-0.2, 0) is 4.74 Å². The molecule has 0 bridgehead atoms. The molecule has 1 aromatic rings. The van der Waals surface area contributed by atoms with Gasteiger partial charge in [0.05, 0.1) is 0 Å². The van der Waals surface area contributed by atoms with Gasteiger partial charge in [0.25, 0.3) is 0 Å². The topological polar surface area (TPSA) is 52.3 Å². The van der Waals surface area contributed by atoms with Crippen molar-refractivity contribution in [3.05, 3.63) is 34.9 Å². The Morgan fingerprint density at radius 3 is 2.71 bits per heavy atom. The molecule has 2 N–H and O–H groups in total. The van der Waals surface area contributed by atoms with Crippen molar-refractivity contribution in [3.8, 4) is 0 Å². The maximum atomic E-state index is 11.0. The molecule has 0 radical (unpaired) electrons. The molecule has 0 aliphatic heterocycles. The fraction of sp³-hybridized carbons (Fsp3) is 0.300. The maximum Gasteiger partial charge on any atom is 0.248 e. The van der Waals surface area contributed by atoms with Gasteiger partial charge in [-0.1, -0.05) is 6.07 Å². The van der Waals surface area contributed by atoms with Gasteiger partial charge >= 0.3 is 0 Å². The molecule has 4 heteroatoms. The first-order valence-corrected chi connectivity index (χ1v) is 5.38. The van der Waals surface area contributed by atoms with Crippen LogP contribution in [0.2, 0.25) is 0 Å². The molecule has 0 saturated heterocycles. The summed E-state index contributed by atoms with van der Waals surface area (Å²) in [5.41, 5.74) is 7.79. The number of benzene rings is 1. The minimum atomic E-state index is -0.411. The van der Waals surface area contributed by atoms with Crippen LogP contribution in [0.25, 0.3) is 0 Å². The largest absolute Gasteiger partial charge is 0.366 e. The van der Waals surface area contributed by atoms with Crippen LogP contribution in [-0.4, -0.2) is 13.0 Å². The van der Waals surface area contributed by atoms with E-state index in [0.29, 0.717) is 5.56 Å². The summed E-state index contributed by atoms with van der Waals surface area (Å²) in [7, 11) is 1.63. The lowest BCUT2D eigenvalue weighted by atomic mass is 10.1. The zero-order valence-corrected chi connectivity index (χ0v) is 10.2. The standard InChI is InChI=1S/C10H12INO2/c1-6-3-4-7(10(12)13)5-8(6)9(11)14-2/h3-5,9H,1-2H3,(H2,12,13). The fourth-order valence-electron chi connectivity index (χ4n) is 1.17. The Morgan fingerprint density at radius 1 is 1.57 bits per heavy atom. The lowest BCUT2D eigenvalue weighted by molar-refractivity contribution is 0.1000. The van der Waals surface area contributed by atoms with Crippen LogP contribution in [0, 0.1) is 6.92 Å². The third kappa shape index (κ3) is 2.45. The highest BCUT2D eigenvalue weighted by atomic mass is 127. The number of halogens is 1. The van der Waals surface area contributed by atoms with Gasteiger partial charge in [0.15, 0.2) is 0 Å². The number of hydrogen-bond donors (Lipinski definition) is 1. The molecule has 0 saturated carbocycles. The van der Waals surface area contributed by atoms with Crippen molar-refractivity contribution in [3.63, 3.8) is 0 Å². The molecule has 0 fully saturated rings. The van der Waals surface area contributed by atoms with Crippen LogP contribution in [0.1, 0.15) is 25.6 Å². The average molecular weight is 305 g/mol. The molecule has 0 aliphatic carbocycles. The molecular weight excluding hydrogens is 293 g/mol. The summed E-state index contributed by atoms with van der Waals surface area (Å²) in [4.78, 5) is 11.0. The zero-order valence-electron chi connectivity index (χ0n) is 8.08. The Labute approximate surface area is 96.8 Å². The smallest absolute Gasteiger partial charge is 0.248 e. The van der Waals surface area contributed by atoms with Gasteiger partial charge in [-0.25, -0.2) is 0 Å². The van der Waals surface area contributed by atoms with Gasteiger partial charge in [0, 0.05) is 12.7 Å². The summed E-state index contributed by atoms with van der Waals surface area (Å²) < 4.78 is 5.14. The Bertz CT molecular complexity index is 352. The fourth-order valence-corrected chi connectivity index (χ4v) is 1.84. The number of rotatable bonds is 3. The number of methoxy groups -OCH3 is 1. The third-order valence-corrected chi connectivity index (χ3v) is 3.19. The molecule has 0 aromatic heterocycles. The van der Waals surface area contributed by atoms with E-state index in [9.17, 15) is 4.79 Å². The molecule has 76 valence electrons. The highest BCUT2D eigenvalue weighted by Gasteiger charge is 2.11. The molecule has 1 atom stereocenters. The van der Waals surface area contributed by atoms with E-state index >= 15 is 0 Å². The van der Waals surface area contributed by atoms with Gasteiger partial charge in [-0.2, -0.15) is 0 Å². The summed E-state index contributed by atoms with van der Waals surface area (Å²) in [6.07, 6.45) is 0. The zero-order chi connectivity index (χ0) is 10.7. The maximum absolute atomic E-state index is 11.0. The highest BCUT2D eigenvalue weighted by molar-refractivity contribution is 14.1. The summed E-state index contributed by atoms with van der Waals surface area (Å²) in [6, 6.07) is 5.37. The van der Waals surface area contributed by atoms with Gasteiger partial charge in [-0.15, -0.1) is 0 Å². The van der Waals surface area contributed by atoms with E-state index in [1.807, 2.05) is 13.0 Å². The lowest BCUT2D eigenvalue weighted by Gasteiger charge is -2.12. The van der Waals surface area contributed by atoms with Crippen molar-refractivity contribution in [1.82, 2.24) is 0 Å². The Kier molecular flexibility index (Phi) is 3.88. The van der Waals surface area contributed by atoms with Crippen molar-refractivity contribution in [2.24, 2.45) is 5.73 Å². The lowest BCUT2D eigenvalue weighted by Crippen LogP contribution is -2.11. The second-order valence-corrected chi connectivity index (χ2v) is 4.12. The molecule has 1 amide bonds. The number of ether oxygens (including phenoxy) is 1. The van der Waals surface area contributed by atoms with Crippen LogP contribution in [0.5, 0.6) is 0 Å². The van der Waals surface area contributed by atoms with Crippen LogP contribution >= 0.6 is 22.6 Å². The normalized spacial score (nSPS) is 12.5. The van der Waals surface area contributed by atoms with Crippen molar-refractivity contribution in [2.75, 3.05) is 7.11 Å². The van der Waals surface area contributed by atoms with Crippen molar-refractivity contribution < 1.29 is 9.53 Å². The van der Waals surface area contributed by atoms with Gasteiger partial charge in [-0.3, -0.25) is 4.79 Å². The molecule has 0 aliphatic rings. The minimum Gasteiger partial charge on any atom is -0.366 e. The van der Waals surface area contributed by atoms with Gasteiger partial charge in [0.2, 0.25) is 5.91 Å². The molecule has 1 unspecified atom stereocenters. The Morgan fingerprint density at radius 2 is 2.21 bits per heavy atom. The molecule has 3 nitrogen and oxygen atoms in total. The first-order chi connectivity index (χ1) is 6.56. The number of amides is 1. The highest BCUT2D eigenvalue weighted by Crippen LogP contribution is 2.27. The van der Waals surface area contributed by atoms with Crippen molar-refractivity contribution in [2.45, 2.75) is 11.0 Å². The van der Waals surface area contributed by atoms with E-state index in [1.54, 1.807) is 19.2 Å².